The van der Waals surface area contributed by atoms with E-state index < -0.39 is 9.85 Å². The van der Waals surface area contributed by atoms with Crippen LogP contribution >= 0.6 is 0 Å². The van der Waals surface area contributed by atoms with Crippen LogP contribution in [0.15, 0.2) is 183 Å². The highest BCUT2D eigenvalue weighted by Crippen LogP contribution is 2.38. The molecule has 720 valence electrons. The van der Waals surface area contributed by atoms with Gasteiger partial charge in [0.1, 0.15) is 86.3 Å². The molecule has 0 N–H and O–H groups in total. The van der Waals surface area contributed by atoms with Crippen molar-refractivity contribution in [2.45, 2.75) is 188 Å². The maximum atomic E-state index is 11.1. The lowest BCUT2D eigenvalue weighted by Gasteiger charge is -2.21. The molecule has 0 radical (unpaired) electrons. The van der Waals surface area contributed by atoms with Crippen molar-refractivity contribution in [1.82, 2.24) is 38.2 Å². The van der Waals surface area contributed by atoms with E-state index >= 15 is 0 Å². The number of benzene rings is 8. The van der Waals surface area contributed by atoms with Crippen molar-refractivity contribution in [3.8, 4) is 69.0 Å². The van der Waals surface area contributed by atoms with Gasteiger partial charge in [-0.3, -0.25) is 0 Å². The fraction of sp³-hybridized carbons (Fsp3) is 0.444. The van der Waals surface area contributed by atoms with Crippen molar-refractivity contribution in [3.05, 3.63) is 293 Å². The number of rotatable bonds is 46. The number of methoxy groups -OCH3 is 8. The largest absolute Gasteiger partial charge is 0.496 e. The first-order valence-electron chi connectivity index (χ1n) is 46.3. The Morgan fingerprint density at radius 1 is 0.269 bits per heavy atom. The molecule has 0 fully saturated rings. The second-order valence-corrected chi connectivity index (χ2v) is 35.8. The van der Waals surface area contributed by atoms with Gasteiger partial charge in [0.15, 0.2) is 46.0 Å². The van der Waals surface area contributed by atoms with Crippen LogP contribution in [0, 0.1) is 123 Å². The highest BCUT2D eigenvalue weighted by molar-refractivity contribution is 5.48. The highest BCUT2D eigenvalue weighted by Gasteiger charge is 2.25. The highest BCUT2D eigenvalue weighted by atomic mass is 16.6. The number of imidazole rings is 4. The third-order valence-corrected chi connectivity index (χ3v) is 25.1. The van der Waals surface area contributed by atoms with Crippen LogP contribution in [0.3, 0.4) is 0 Å². The standard InChI is InChI=1S/2C27H35N3O5.2C27H36N2O3/c2*1-18(13-22-7-9-24(33-5)20(3)15-22)19(2)14-23-8-10-25(26(16-23)34-6)35-12-11-29-17-21(4)28-27(29)30(31)32;2*1-19(13-23-7-9-25(30-5)21(3)15-23)20(2)14-24-8-10-26(27(16-24)31-6)32-12-11-29-17-22(4)28-18-29/h2*7-10,15-19H,11-14H2,1-6H3;2*7-10,15-20H,11-14H2,1-6H3/t2*18-,19+;2*19-,20+/m1111/s1. The van der Waals surface area contributed by atoms with Gasteiger partial charge in [0.05, 0.1) is 94.0 Å². The van der Waals surface area contributed by atoms with Gasteiger partial charge in [0, 0.05) is 12.4 Å². The van der Waals surface area contributed by atoms with Gasteiger partial charge in [0.25, 0.3) is 0 Å². The molecule has 0 aliphatic rings. The minimum absolute atomic E-state index is 0.179. The monoisotopic (exact) mass is 1840 g/mol. The average molecular weight is 1840 g/mol. The topological polar surface area (TPSA) is 268 Å². The zero-order valence-electron chi connectivity index (χ0n) is 83.3. The summed E-state index contributed by atoms with van der Waals surface area (Å²) < 4.78 is 74.6. The lowest BCUT2D eigenvalue weighted by Crippen LogP contribution is -2.14. The van der Waals surface area contributed by atoms with E-state index in [1.54, 1.807) is 83.1 Å². The lowest BCUT2D eigenvalue weighted by atomic mass is 9.85. The van der Waals surface area contributed by atoms with Crippen molar-refractivity contribution in [2.24, 2.45) is 47.3 Å². The van der Waals surface area contributed by atoms with Crippen LogP contribution in [-0.4, -0.2) is 131 Å². The Morgan fingerprint density at radius 2 is 0.470 bits per heavy atom. The summed E-state index contributed by atoms with van der Waals surface area (Å²) in [6, 6.07) is 50.3. The number of nitro groups is 2. The minimum Gasteiger partial charge on any atom is -0.496 e. The van der Waals surface area contributed by atoms with Crippen LogP contribution in [0.2, 0.25) is 0 Å². The molecule has 26 heteroatoms. The Hall–Kier alpha value is -13.0. The Labute approximate surface area is 793 Å². The minimum atomic E-state index is -0.486. The van der Waals surface area contributed by atoms with Crippen molar-refractivity contribution in [3.63, 3.8) is 0 Å². The predicted octanol–water partition coefficient (Wildman–Crippen LogP) is 22.4. The zero-order valence-corrected chi connectivity index (χ0v) is 83.3. The third kappa shape index (κ3) is 31.6. The Balaban J connectivity index is 0.000000201. The van der Waals surface area contributed by atoms with Crippen LogP contribution in [0.1, 0.15) is 145 Å². The second-order valence-electron chi connectivity index (χ2n) is 35.8. The summed E-state index contributed by atoms with van der Waals surface area (Å²) in [5, 5.41) is 22.3. The van der Waals surface area contributed by atoms with Gasteiger partial charge >= 0.3 is 11.9 Å². The summed E-state index contributed by atoms with van der Waals surface area (Å²) in [6.45, 7) is 38.0. The second kappa shape index (κ2) is 51.9. The molecule has 12 rings (SSSR count). The van der Waals surface area contributed by atoms with E-state index in [0.29, 0.717) is 108 Å². The molecule has 0 amide bonds. The predicted molar refractivity (Wildman–Crippen MR) is 529 cm³/mol. The molecule has 8 aromatic carbocycles. The van der Waals surface area contributed by atoms with E-state index in [9.17, 15) is 20.2 Å². The fourth-order valence-corrected chi connectivity index (χ4v) is 16.6. The van der Waals surface area contributed by atoms with E-state index in [0.717, 1.165) is 133 Å². The maximum absolute atomic E-state index is 11.1. The summed E-state index contributed by atoms with van der Waals surface area (Å²) in [5.41, 5.74) is 18.2. The van der Waals surface area contributed by atoms with Gasteiger partial charge in [0.2, 0.25) is 0 Å². The molecule has 0 unspecified atom stereocenters. The van der Waals surface area contributed by atoms with E-state index in [2.05, 4.69) is 200 Å². The Kier molecular flexibility index (Phi) is 40.5. The van der Waals surface area contributed by atoms with Gasteiger partial charge in [-0.25, -0.2) is 19.1 Å². The number of hydrogen-bond donors (Lipinski definition) is 0. The van der Waals surface area contributed by atoms with E-state index in [-0.39, 0.29) is 25.1 Å². The number of aromatic nitrogens is 8. The molecule has 4 aromatic heterocycles. The number of ether oxygens (including phenoxy) is 12. The number of hydrogen-bond acceptors (Lipinski definition) is 20. The normalized spacial score (nSPS) is 12.8. The molecule has 0 saturated heterocycles. The van der Waals surface area contributed by atoms with Crippen molar-refractivity contribution in [2.75, 3.05) is 83.3 Å². The Morgan fingerprint density at radius 3 is 0.657 bits per heavy atom. The van der Waals surface area contributed by atoms with Crippen LogP contribution in [0.25, 0.3) is 0 Å². The van der Waals surface area contributed by atoms with Gasteiger partial charge in [-0.15, -0.1) is 0 Å². The molecular formula is C108H142N10O16. The molecule has 0 saturated carbocycles. The molecule has 4 heterocycles. The summed E-state index contributed by atoms with van der Waals surface area (Å²) >= 11 is 0. The fourth-order valence-electron chi connectivity index (χ4n) is 16.6. The maximum Gasteiger partial charge on any atom is 0.434 e. The quantitative estimate of drug-likeness (QED) is 0.0253. The van der Waals surface area contributed by atoms with E-state index in [1.165, 1.54) is 64.8 Å². The summed E-state index contributed by atoms with van der Waals surface area (Å²) in [4.78, 5) is 37.7. The van der Waals surface area contributed by atoms with Gasteiger partial charge in [-0.1, -0.05) is 138 Å². The van der Waals surface area contributed by atoms with Crippen LogP contribution in [0.5, 0.6) is 69.0 Å². The molecule has 8 atom stereocenters. The van der Waals surface area contributed by atoms with Crippen molar-refractivity contribution >= 4 is 11.9 Å². The first-order chi connectivity index (χ1) is 64.2. The molecule has 0 aliphatic carbocycles. The Bertz CT molecular complexity index is 5370. The molecule has 134 heavy (non-hydrogen) atoms. The SMILES string of the molecule is COc1ccc(C[C@@H](C)[C@@H](C)Cc2ccc(OCCn3cc(C)nc3[N+](=O)[O-])c(OC)c2)cc1C.COc1ccc(C[C@@H](C)[C@@H](C)Cc2ccc(OCCn3cc(C)nc3[N+](=O)[O-])c(OC)c2)cc1C.COc1ccc(C[C@@H](C)[C@@H](C)Cc2ccc(OCCn3cnc(C)c3)c(OC)c2)cc1C.COc1ccc(C[C@@H](C)[C@@H](C)Cc2ccc(OCCn3cnc(C)c3)c(OC)c2)cc1C. The van der Waals surface area contributed by atoms with Crippen molar-refractivity contribution < 1.29 is 66.7 Å². The molecule has 26 nitrogen and oxygen atoms in total. The summed E-state index contributed by atoms with van der Waals surface area (Å²) in [6.07, 6.45) is 19.0. The zero-order chi connectivity index (χ0) is 97.2. The van der Waals surface area contributed by atoms with Gasteiger partial charge in [-0.2, -0.15) is 0 Å². The van der Waals surface area contributed by atoms with Crippen molar-refractivity contribution in [1.29, 1.82) is 0 Å². The van der Waals surface area contributed by atoms with E-state index in [4.69, 9.17) is 56.8 Å². The van der Waals surface area contributed by atoms with Gasteiger partial charge < -0.3 is 86.2 Å². The molecule has 0 aliphatic heterocycles. The average Bonchev–Trinajstić information content (AvgIpc) is 1.11. The molecular weight excluding hydrogens is 1690 g/mol. The third-order valence-electron chi connectivity index (χ3n) is 25.1. The summed E-state index contributed by atoms with van der Waals surface area (Å²) in [7, 11) is 13.5. The van der Waals surface area contributed by atoms with E-state index in [1.807, 2.05) is 96.6 Å². The van der Waals surface area contributed by atoms with Crippen LogP contribution in [0.4, 0.5) is 11.9 Å². The molecule has 0 bridgehead atoms. The van der Waals surface area contributed by atoms with Crippen LogP contribution < -0.4 is 56.8 Å². The van der Waals surface area contributed by atoms with Gasteiger partial charge in [-0.05, 0) is 304 Å². The summed E-state index contributed by atoms with van der Waals surface area (Å²) in [5.74, 6) is 13.2. The molecule has 0 spiro atoms. The smallest absolute Gasteiger partial charge is 0.434 e. The molecule has 12 aromatic rings. The first kappa shape index (κ1) is 105. The number of aryl methyl sites for hydroxylation is 8. The first-order valence-corrected chi connectivity index (χ1v) is 46.3. The van der Waals surface area contributed by atoms with Crippen LogP contribution in [-0.2, 0) is 77.5 Å². The number of nitrogens with zero attached hydrogens (tertiary/aromatic N) is 10. The lowest BCUT2D eigenvalue weighted by molar-refractivity contribution is -0.397.